The lowest BCUT2D eigenvalue weighted by Gasteiger charge is -2.07. The van der Waals surface area contributed by atoms with Crippen LogP contribution in [0.4, 0.5) is 0 Å². The van der Waals surface area contributed by atoms with E-state index in [1.165, 1.54) is 0 Å². The molecule has 0 radical (unpaired) electrons. The third kappa shape index (κ3) is 9.10. The van der Waals surface area contributed by atoms with Crippen LogP contribution in [-0.4, -0.2) is 45.1 Å². The molecule has 0 aliphatic carbocycles. The zero-order valence-corrected chi connectivity index (χ0v) is 7.25. The Hall–Kier alpha value is -0.900. The Labute approximate surface area is 68.0 Å². The van der Waals surface area contributed by atoms with Crippen LogP contribution in [0.1, 0.15) is 6.42 Å². The maximum absolute atomic E-state index is 3.55. The number of nitrogens with one attached hydrogen (secondary N) is 1. The molecule has 1 N–H and O–H groups in total. The zero-order chi connectivity index (χ0) is 8.53. The molecule has 0 spiro atoms. The van der Waals surface area contributed by atoms with Gasteiger partial charge in [0.1, 0.15) is 6.34 Å². The summed E-state index contributed by atoms with van der Waals surface area (Å²) in [4.78, 5) is 2.14. The lowest BCUT2D eigenvalue weighted by atomic mass is 10.4. The lowest BCUT2D eigenvalue weighted by Crippen LogP contribution is -2.20. The monoisotopic (exact) mass is 156 g/mol. The van der Waals surface area contributed by atoms with Crippen molar-refractivity contribution in [2.75, 3.05) is 27.2 Å². The average Bonchev–Trinajstić information content (AvgIpc) is 1.96. The highest BCUT2D eigenvalue weighted by Gasteiger charge is 1.87. The summed E-state index contributed by atoms with van der Waals surface area (Å²) in [6.07, 6.45) is 2.67. The molecule has 64 valence electrons. The second-order valence-electron chi connectivity index (χ2n) is 2.50. The molecule has 0 aliphatic rings. The molecule has 0 atom stereocenters. The van der Waals surface area contributed by atoms with Crippen molar-refractivity contribution >= 4 is 13.1 Å². The fourth-order valence-corrected chi connectivity index (χ4v) is 0.644. The molecule has 0 saturated carbocycles. The summed E-state index contributed by atoms with van der Waals surface area (Å²) in [5, 5.41) is 9.86. The van der Waals surface area contributed by atoms with Gasteiger partial charge in [0.05, 0.1) is 0 Å². The van der Waals surface area contributed by atoms with Gasteiger partial charge in [-0.2, -0.15) is 5.10 Å². The molecule has 0 aromatic rings. The first kappa shape index (κ1) is 10.1. The van der Waals surface area contributed by atoms with Gasteiger partial charge in [0, 0.05) is 13.3 Å². The van der Waals surface area contributed by atoms with Crippen molar-refractivity contribution in [1.82, 2.24) is 10.2 Å². The minimum Gasteiger partial charge on any atom is -0.375 e. The summed E-state index contributed by atoms with van der Waals surface area (Å²) in [5.41, 5.74) is 0. The van der Waals surface area contributed by atoms with Crippen molar-refractivity contribution < 1.29 is 0 Å². The molecular weight excluding hydrogens is 140 g/mol. The van der Waals surface area contributed by atoms with Crippen LogP contribution in [0.3, 0.4) is 0 Å². The van der Waals surface area contributed by atoms with Crippen LogP contribution in [0.5, 0.6) is 0 Å². The first-order chi connectivity index (χ1) is 5.27. The molecule has 0 aromatic heterocycles. The van der Waals surface area contributed by atoms with Gasteiger partial charge in [-0.3, -0.25) is 0 Å². The fraction of sp³-hybridized carbons (Fsp3) is 0.714. The molecule has 0 amide bonds. The molecule has 0 unspecified atom stereocenters. The summed E-state index contributed by atoms with van der Waals surface area (Å²) < 4.78 is 0. The van der Waals surface area contributed by atoms with Gasteiger partial charge in [0.2, 0.25) is 0 Å². The normalized spacial score (nSPS) is 10.8. The maximum Gasteiger partial charge on any atom is 0.111 e. The average molecular weight is 156 g/mol. The number of rotatable bonds is 6. The molecular formula is C7H16N4. The third-order valence-electron chi connectivity index (χ3n) is 1.16. The Morgan fingerprint density at radius 1 is 1.55 bits per heavy atom. The van der Waals surface area contributed by atoms with Crippen molar-refractivity contribution in [3.63, 3.8) is 0 Å². The van der Waals surface area contributed by atoms with E-state index in [0.29, 0.717) is 0 Å². The first-order valence-electron chi connectivity index (χ1n) is 3.63. The van der Waals surface area contributed by atoms with Crippen LogP contribution in [0.25, 0.3) is 0 Å². The topological polar surface area (TPSA) is 40.0 Å². The molecule has 4 heteroatoms. The predicted octanol–water partition coefficient (Wildman–Crippen LogP) is 0.172. The van der Waals surface area contributed by atoms with Crippen LogP contribution in [0, 0.1) is 0 Å². The van der Waals surface area contributed by atoms with E-state index in [0.717, 1.165) is 19.5 Å². The van der Waals surface area contributed by atoms with Crippen LogP contribution in [0.15, 0.2) is 10.2 Å². The van der Waals surface area contributed by atoms with Gasteiger partial charge in [-0.05, 0) is 27.1 Å². The predicted molar refractivity (Wildman–Crippen MR) is 49.2 cm³/mol. The minimum absolute atomic E-state index is 0.928. The summed E-state index contributed by atoms with van der Waals surface area (Å²) >= 11 is 0. The van der Waals surface area contributed by atoms with Gasteiger partial charge >= 0.3 is 0 Å². The second kappa shape index (κ2) is 7.21. The number of hydrogen-bond donors (Lipinski definition) is 1. The molecule has 0 aliphatic heterocycles. The number of nitrogens with zero attached hydrogens (tertiary/aromatic N) is 3. The Kier molecular flexibility index (Phi) is 6.62. The van der Waals surface area contributed by atoms with Gasteiger partial charge in [-0.1, -0.05) is 0 Å². The largest absolute Gasteiger partial charge is 0.375 e. The van der Waals surface area contributed by atoms with Crippen LogP contribution >= 0.6 is 0 Å². The minimum atomic E-state index is 0.928. The fourth-order valence-electron chi connectivity index (χ4n) is 0.644. The van der Waals surface area contributed by atoms with Crippen molar-refractivity contribution in [3.05, 3.63) is 0 Å². The summed E-state index contributed by atoms with van der Waals surface area (Å²) in [6.45, 7) is 5.22. The quantitative estimate of drug-likeness (QED) is 0.258. The Balaban J connectivity index is 3.02. The standard InChI is InChI=1S/C7H16N4/c1-8-10-7-9-5-4-6-11(2)3/h7H,1,4-6H2,2-3H3,(H,9,10). The highest BCUT2D eigenvalue weighted by molar-refractivity contribution is 5.54. The molecule has 0 heterocycles. The molecule has 0 bridgehead atoms. The maximum atomic E-state index is 3.55. The van der Waals surface area contributed by atoms with Crippen molar-refractivity contribution in [1.29, 1.82) is 0 Å². The Morgan fingerprint density at radius 2 is 2.27 bits per heavy atom. The second-order valence-corrected chi connectivity index (χ2v) is 2.50. The molecule has 11 heavy (non-hydrogen) atoms. The van der Waals surface area contributed by atoms with E-state index in [1.54, 1.807) is 6.34 Å². The van der Waals surface area contributed by atoms with E-state index in [9.17, 15) is 0 Å². The molecule has 0 rings (SSSR count). The highest BCUT2D eigenvalue weighted by Crippen LogP contribution is 1.79. The molecule has 0 fully saturated rings. The van der Waals surface area contributed by atoms with Crippen LogP contribution in [0.2, 0.25) is 0 Å². The molecule has 4 nitrogen and oxygen atoms in total. The van der Waals surface area contributed by atoms with E-state index in [4.69, 9.17) is 0 Å². The van der Waals surface area contributed by atoms with E-state index in [-0.39, 0.29) is 0 Å². The zero-order valence-electron chi connectivity index (χ0n) is 7.25. The summed E-state index contributed by atoms with van der Waals surface area (Å²) in [5.74, 6) is 0. The van der Waals surface area contributed by atoms with Gasteiger partial charge in [0.25, 0.3) is 0 Å². The Morgan fingerprint density at radius 3 is 2.82 bits per heavy atom. The molecule has 0 saturated heterocycles. The highest BCUT2D eigenvalue weighted by atomic mass is 15.2. The first-order valence-corrected chi connectivity index (χ1v) is 3.63. The SMILES string of the molecule is C=N/N=C/NCCCN(C)C. The smallest absolute Gasteiger partial charge is 0.111 e. The summed E-state index contributed by atoms with van der Waals surface area (Å²) in [6, 6.07) is 0. The van der Waals surface area contributed by atoms with Gasteiger partial charge in [0.15, 0.2) is 0 Å². The van der Waals surface area contributed by atoms with Crippen molar-refractivity contribution in [2.24, 2.45) is 10.2 Å². The third-order valence-corrected chi connectivity index (χ3v) is 1.16. The van der Waals surface area contributed by atoms with E-state index < -0.39 is 0 Å². The van der Waals surface area contributed by atoms with Crippen molar-refractivity contribution in [3.8, 4) is 0 Å². The van der Waals surface area contributed by atoms with E-state index >= 15 is 0 Å². The molecule has 0 aromatic carbocycles. The summed E-state index contributed by atoms with van der Waals surface area (Å²) in [7, 11) is 4.11. The van der Waals surface area contributed by atoms with E-state index in [2.05, 4.69) is 41.2 Å². The Bertz CT molecular complexity index is 120. The van der Waals surface area contributed by atoms with Crippen LogP contribution in [-0.2, 0) is 0 Å². The number of hydrogen-bond acceptors (Lipinski definition) is 3. The van der Waals surface area contributed by atoms with Gasteiger partial charge in [-0.25, -0.2) is 0 Å². The van der Waals surface area contributed by atoms with Crippen LogP contribution < -0.4 is 5.32 Å². The van der Waals surface area contributed by atoms with Gasteiger partial charge < -0.3 is 10.2 Å². The van der Waals surface area contributed by atoms with E-state index in [1.807, 2.05) is 0 Å². The lowest BCUT2D eigenvalue weighted by molar-refractivity contribution is 0.400. The van der Waals surface area contributed by atoms with Crippen molar-refractivity contribution in [2.45, 2.75) is 6.42 Å². The van der Waals surface area contributed by atoms with Gasteiger partial charge in [-0.15, -0.1) is 5.10 Å².